The molecule has 1 aliphatic heterocycles. The van der Waals surface area contributed by atoms with Crippen LogP contribution in [0.2, 0.25) is 0 Å². The standard InChI is InChI=1S/C13H13N3O/c17-12-5-7-14-13(15-12)16-8-6-10-3-1-2-4-11(10)9-16/h1-5,7H,6,8-9H2,(H,14,15,17). The summed E-state index contributed by atoms with van der Waals surface area (Å²) in [4.78, 5) is 10.3. The average molecular weight is 227 g/mol. The molecule has 1 N–H and O–H groups in total. The lowest BCUT2D eigenvalue weighted by atomic mass is 10.0. The summed E-state index contributed by atoms with van der Waals surface area (Å²) >= 11 is 0. The van der Waals surface area contributed by atoms with E-state index in [0.717, 1.165) is 19.5 Å². The van der Waals surface area contributed by atoms with E-state index in [0.29, 0.717) is 5.95 Å². The van der Waals surface area contributed by atoms with Crippen LogP contribution in [0.5, 0.6) is 5.88 Å². The average Bonchev–Trinajstić information content (AvgIpc) is 2.38. The molecule has 4 heteroatoms. The summed E-state index contributed by atoms with van der Waals surface area (Å²) in [5, 5.41) is 9.36. The first-order valence-corrected chi connectivity index (χ1v) is 5.67. The molecule has 0 amide bonds. The van der Waals surface area contributed by atoms with Crippen molar-refractivity contribution in [3.8, 4) is 5.88 Å². The molecule has 0 bridgehead atoms. The highest BCUT2D eigenvalue weighted by molar-refractivity contribution is 5.40. The molecule has 4 nitrogen and oxygen atoms in total. The van der Waals surface area contributed by atoms with Crippen molar-refractivity contribution in [3.63, 3.8) is 0 Å². The molecule has 0 atom stereocenters. The summed E-state index contributed by atoms with van der Waals surface area (Å²) in [7, 11) is 0. The first-order valence-electron chi connectivity index (χ1n) is 5.67. The van der Waals surface area contributed by atoms with Gasteiger partial charge in [0.2, 0.25) is 11.8 Å². The first-order chi connectivity index (χ1) is 8.33. The Labute approximate surface area is 99.6 Å². The zero-order valence-electron chi connectivity index (χ0n) is 9.37. The van der Waals surface area contributed by atoms with Gasteiger partial charge in [0.1, 0.15) is 0 Å². The minimum absolute atomic E-state index is 0.0221. The van der Waals surface area contributed by atoms with Gasteiger partial charge in [0, 0.05) is 25.4 Å². The number of hydrogen-bond acceptors (Lipinski definition) is 4. The van der Waals surface area contributed by atoms with E-state index in [-0.39, 0.29) is 5.88 Å². The molecule has 17 heavy (non-hydrogen) atoms. The van der Waals surface area contributed by atoms with Crippen LogP contribution in [0.1, 0.15) is 11.1 Å². The fraction of sp³-hybridized carbons (Fsp3) is 0.231. The quantitative estimate of drug-likeness (QED) is 0.806. The third kappa shape index (κ3) is 1.93. The number of rotatable bonds is 1. The SMILES string of the molecule is Oc1ccnc(N2CCc3ccccc3C2)n1. The number of nitrogens with zero attached hydrogens (tertiary/aromatic N) is 3. The van der Waals surface area contributed by atoms with Crippen LogP contribution in [0.4, 0.5) is 5.95 Å². The van der Waals surface area contributed by atoms with Gasteiger partial charge in [0.25, 0.3) is 0 Å². The molecular formula is C13H13N3O. The normalized spacial score (nSPS) is 14.5. The molecule has 1 aromatic heterocycles. The predicted molar refractivity (Wildman–Crippen MR) is 64.9 cm³/mol. The van der Waals surface area contributed by atoms with Crippen LogP contribution in [0.15, 0.2) is 36.5 Å². The van der Waals surface area contributed by atoms with E-state index in [9.17, 15) is 5.11 Å². The number of anilines is 1. The molecule has 2 heterocycles. The topological polar surface area (TPSA) is 49.3 Å². The maximum atomic E-state index is 9.36. The van der Waals surface area contributed by atoms with Crippen molar-refractivity contribution in [2.45, 2.75) is 13.0 Å². The molecule has 1 aromatic carbocycles. The lowest BCUT2D eigenvalue weighted by Gasteiger charge is -2.28. The van der Waals surface area contributed by atoms with Crippen molar-refractivity contribution in [3.05, 3.63) is 47.7 Å². The maximum absolute atomic E-state index is 9.36. The highest BCUT2D eigenvalue weighted by Gasteiger charge is 2.17. The van der Waals surface area contributed by atoms with E-state index in [1.54, 1.807) is 6.20 Å². The second-order valence-corrected chi connectivity index (χ2v) is 4.16. The maximum Gasteiger partial charge on any atom is 0.228 e. The predicted octanol–water partition coefficient (Wildman–Crippen LogP) is 1.74. The zero-order chi connectivity index (χ0) is 11.7. The zero-order valence-corrected chi connectivity index (χ0v) is 9.37. The van der Waals surface area contributed by atoms with E-state index < -0.39 is 0 Å². The van der Waals surface area contributed by atoms with Crippen LogP contribution < -0.4 is 4.90 Å². The molecule has 0 unspecified atom stereocenters. The fourth-order valence-electron chi connectivity index (χ4n) is 2.16. The van der Waals surface area contributed by atoms with Gasteiger partial charge in [-0.05, 0) is 17.5 Å². The van der Waals surface area contributed by atoms with Gasteiger partial charge in [-0.3, -0.25) is 0 Å². The van der Waals surface area contributed by atoms with E-state index in [1.165, 1.54) is 17.2 Å². The van der Waals surface area contributed by atoms with Crippen LogP contribution >= 0.6 is 0 Å². The number of fused-ring (bicyclic) bond motifs is 1. The number of aromatic nitrogens is 2. The van der Waals surface area contributed by atoms with E-state index >= 15 is 0 Å². The lowest BCUT2D eigenvalue weighted by Crippen LogP contribution is -2.31. The van der Waals surface area contributed by atoms with Gasteiger partial charge >= 0.3 is 0 Å². The first kappa shape index (κ1) is 10.1. The molecule has 0 saturated carbocycles. The smallest absolute Gasteiger partial charge is 0.228 e. The monoisotopic (exact) mass is 227 g/mol. The summed E-state index contributed by atoms with van der Waals surface area (Å²) in [6, 6.07) is 9.90. The van der Waals surface area contributed by atoms with Gasteiger partial charge in [-0.2, -0.15) is 4.98 Å². The van der Waals surface area contributed by atoms with E-state index in [1.807, 2.05) is 6.07 Å². The van der Waals surface area contributed by atoms with Gasteiger partial charge in [-0.1, -0.05) is 24.3 Å². The Hall–Kier alpha value is -2.10. The van der Waals surface area contributed by atoms with Gasteiger partial charge in [-0.25, -0.2) is 4.98 Å². The van der Waals surface area contributed by atoms with Gasteiger partial charge < -0.3 is 10.0 Å². The highest BCUT2D eigenvalue weighted by Crippen LogP contribution is 2.22. The minimum atomic E-state index is 0.0221. The Morgan fingerprint density at radius 3 is 2.76 bits per heavy atom. The molecule has 0 fully saturated rings. The molecule has 1 aliphatic rings. The molecule has 0 spiro atoms. The van der Waals surface area contributed by atoms with Crippen molar-refractivity contribution < 1.29 is 5.11 Å². The van der Waals surface area contributed by atoms with Gasteiger partial charge in [-0.15, -0.1) is 0 Å². The second-order valence-electron chi connectivity index (χ2n) is 4.16. The van der Waals surface area contributed by atoms with Crippen LogP contribution in [0, 0.1) is 0 Å². The summed E-state index contributed by atoms with van der Waals surface area (Å²) in [5.74, 6) is 0.619. The summed E-state index contributed by atoms with van der Waals surface area (Å²) < 4.78 is 0. The highest BCUT2D eigenvalue weighted by atomic mass is 16.3. The van der Waals surface area contributed by atoms with E-state index in [4.69, 9.17) is 0 Å². The lowest BCUT2D eigenvalue weighted by molar-refractivity contribution is 0.451. The van der Waals surface area contributed by atoms with Crippen LogP contribution in [0.3, 0.4) is 0 Å². The number of benzene rings is 1. The summed E-state index contributed by atoms with van der Waals surface area (Å²) in [6.07, 6.45) is 2.58. The number of aromatic hydroxyl groups is 1. The third-order valence-corrected chi connectivity index (χ3v) is 3.04. The Morgan fingerprint density at radius 2 is 1.94 bits per heavy atom. The second kappa shape index (κ2) is 4.05. The van der Waals surface area contributed by atoms with Crippen molar-refractivity contribution in [2.75, 3.05) is 11.4 Å². The largest absolute Gasteiger partial charge is 0.493 e. The molecule has 0 saturated heterocycles. The molecule has 86 valence electrons. The third-order valence-electron chi connectivity index (χ3n) is 3.04. The number of hydrogen-bond donors (Lipinski definition) is 1. The van der Waals surface area contributed by atoms with Crippen molar-refractivity contribution in [1.82, 2.24) is 9.97 Å². The van der Waals surface area contributed by atoms with Crippen LogP contribution in [0.25, 0.3) is 0 Å². The molecule has 0 aliphatic carbocycles. The minimum Gasteiger partial charge on any atom is -0.493 e. The molecule has 3 rings (SSSR count). The Morgan fingerprint density at radius 1 is 1.12 bits per heavy atom. The summed E-state index contributed by atoms with van der Waals surface area (Å²) in [5.41, 5.74) is 2.70. The van der Waals surface area contributed by atoms with E-state index in [2.05, 4.69) is 33.1 Å². The van der Waals surface area contributed by atoms with Crippen molar-refractivity contribution in [2.24, 2.45) is 0 Å². The Kier molecular flexibility index (Phi) is 2.40. The Bertz CT molecular complexity index is 542. The Balaban J connectivity index is 1.89. The molecule has 0 radical (unpaired) electrons. The van der Waals surface area contributed by atoms with Gasteiger partial charge in [0.15, 0.2) is 0 Å². The van der Waals surface area contributed by atoms with Crippen LogP contribution in [-0.2, 0) is 13.0 Å². The van der Waals surface area contributed by atoms with Crippen LogP contribution in [-0.4, -0.2) is 21.6 Å². The molecular weight excluding hydrogens is 214 g/mol. The summed E-state index contributed by atoms with van der Waals surface area (Å²) in [6.45, 7) is 1.69. The van der Waals surface area contributed by atoms with Crippen molar-refractivity contribution >= 4 is 5.95 Å². The fourth-order valence-corrected chi connectivity index (χ4v) is 2.16. The van der Waals surface area contributed by atoms with Gasteiger partial charge in [0.05, 0.1) is 0 Å². The molecule has 2 aromatic rings. The van der Waals surface area contributed by atoms with Crippen molar-refractivity contribution in [1.29, 1.82) is 0 Å².